The number of halogens is 1. The number of nitrogens with two attached hydrogens (primary N) is 1. The van der Waals surface area contributed by atoms with E-state index in [1.54, 1.807) is 12.1 Å². The van der Waals surface area contributed by atoms with Gasteiger partial charge in [-0.05, 0) is 45.0 Å². The molecule has 5 heteroatoms. The summed E-state index contributed by atoms with van der Waals surface area (Å²) < 4.78 is 14.8. The monoisotopic (exact) mass is 265 g/mol. The first-order valence-electron chi connectivity index (χ1n) is 5.77. The first-order valence-corrected chi connectivity index (χ1v) is 6.58. The van der Waals surface area contributed by atoms with Crippen molar-refractivity contribution in [2.45, 2.75) is 36.7 Å². The Morgan fingerprint density at radius 3 is 2.44 bits per heavy atom. The first-order chi connectivity index (χ1) is 8.49. The van der Waals surface area contributed by atoms with Crippen LogP contribution in [0.3, 0.4) is 0 Å². The van der Waals surface area contributed by atoms with E-state index in [2.05, 4.69) is 18.9 Å². The Kier molecular flexibility index (Phi) is 3.61. The molecule has 0 aliphatic rings. The number of benzene rings is 1. The van der Waals surface area contributed by atoms with Gasteiger partial charge in [-0.1, -0.05) is 11.8 Å². The quantitative estimate of drug-likeness (QED) is 0.921. The molecule has 0 fully saturated rings. The minimum Gasteiger partial charge on any atom is -0.395 e. The molecular weight excluding hydrogens is 249 g/mol. The Bertz CT molecular complexity index is 546. The maximum atomic E-state index is 12.9. The molecular formula is C13H16FN3S. The number of hydrogen-bond acceptors (Lipinski definition) is 3. The zero-order valence-corrected chi connectivity index (χ0v) is 11.5. The van der Waals surface area contributed by atoms with E-state index in [4.69, 9.17) is 5.73 Å². The van der Waals surface area contributed by atoms with E-state index in [-0.39, 0.29) is 11.9 Å². The Morgan fingerprint density at radius 2 is 1.89 bits per heavy atom. The maximum Gasteiger partial charge on any atom is 0.123 e. The van der Waals surface area contributed by atoms with Crippen molar-refractivity contribution in [1.29, 1.82) is 0 Å². The van der Waals surface area contributed by atoms with Crippen LogP contribution in [-0.4, -0.2) is 9.78 Å². The van der Waals surface area contributed by atoms with Gasteiger partial charge in [0.1, 0.15) is 10.8 Å². The third-order valence-electron chi connectivity index (χ3n) is 2.60. The number of nitrogen functional groups attached to an aromatic ring is 1. The lowest BCUT2D eigenvalue weighted by Crippen LogP contribution is -2.04. The predicted octanol–water partition coefficient (Wildman–Crippen LogP) is 3.64. The molecule has 96 valence electrons. The molecule has 1 aromatic carbocycles. The molecule has 3 nitrogen and oxygen atoms in total. The molecule has 0 unspecified atom stereocenters. The molecule has 0 saturated heterocycles. The van der Waals surface area contributed by atoms with Gasteiger partial charge in [0.05, 0.1) is 11.4 Å². The van der Waals surface area contributed by atoms with Gasteiger partial charge >= 0.3 is 0 Å². The third-order valence-corrected chi connectivity index (χ3v) is 3.71. The molecule has 0 saturated carbocycles. The Balaban J connectivity index is 2.36. The van der Waals surface area contributed by atoms with Gasteiger partial charge in [-0.2, -0.15) is 5.10 Å². The van der Waals surface area contributed by atoms with E-state index in [0.717, 1.165) is 15.6 Å². The van der Waals surface area contributed by atoms with Crippen molar-refractivity contribution in [3.63, 3.8) is 0 Å². The van der Waals surface area contributed by atoms with E-state index in [1.165, 1.54) is 23.9 Å². The average Bonchev–Trinajstić information content (AvgIpc) is 2.60. The summed E-state index contributed by atoms with van der Waals surface area (Å²) in [7, 11) is 0. The van der Waals surface area contributed by atoms with Crippen LogP contribution in [0, 0.1) is 12.7 Å². The molecule has 18 heavy (non-hydrogen) atoms. The number of aryl methyl sites for hydroxylation is 1. The van der Waals surface area contributed by atoms with Gasteiger partial charge in [-0.25, -0.2) is 4.39 Å². The Hall–Kier alpha value is -1.49. The van der Waals surface area contributed by atoms with Crippen molar-refractivity contribution < 1.29 is 4.39 Å². The normalized spacial score (nSPS) is 11.2. The SMILES string of the molecule is Cc1nn(C(C)C)c(Sc2ccc(F)cc2)c1N. The fourth-order valence-electron chi connectivity index (χ4n) is 1.61. The molecule has 0 bridgehead atoms. The van der Waals surface area contributed by atoms with Crippen LogP contribution in [0.25, 0.3) is 0 Å². The van der Waals surface area contributed by atoms with Crippen molar-refractivity contribution in [3.05, 3.63) is 35.8 Å². The zero-order chi connectivity index (χ0) is 13.3. The topological polar surface area (TPSA) is 43.8 Å². The van der Waals surface area contributed by atoms with Crippen molar-refractivity contribution in [2.24, 2.45) is 0 Å². The van der Waals surface area contributed by atoms with Crippen molar-refractivity contribution in [2.75, 3.05) is 5.73 Å². The lowest BCUT2D eigenvalue weighted by molar-refractivity contribution is 0.491. The number of hydrogen-bond donors (Lipinski definition) is 1. The van der Waals surface area contributed by atoms with Crippen molar-refractivity contribution >= 4 is 17.4 Å². The van der Waals surface area contributed by atoms with Gasteiger partial charge in [0.25, 0.3) is 0 Å². The van der Waals surface area contributed by atoms with Crippen LogP contribution in [0.2, 0.25) is 0 Å². The molecule has 0 aliphatic carbocycles. The van der Waals surface area contributed by atoms with E-state index in [9.17, 15) is 4.39 Å². The van der Waals surface area contributed by atoms with Crippen LogP contribution >= 0.6 is 11.8 Å². The summed E-state index contributed by atoms with van der Waals surface area (Å²) in [6, 6.07) is 6.62. The van der Waals surface area contributed by atoms with Crippen molar-refractivity contribution in [1.82, 2.24) is 9.78 Å². The molecule has 0 radical (unpaired) electrons. The fourth-order valence-corrected chi connectivity index (χ4v) is 2.70. The number of nitrogens with zero attached hydrogens (tertiary/aromatic N) is 2. The molecule has 2 N–H and O–H groups in total. The second-order valence-electron chi connectivity index (χ2n) is 4.40. The third kappa shape index (κ3) is 2.51. The van der Waals surface area contributed by atoms with Crippen LogP contribution in [0.15, 0.2) is 34.2 Å². The van der Waals surface area contributed by atoms with Gasteiger partial charge in [-0.15, -0.1) is 0 Å². The lowest BCUT2D eigenvalue weighted by Gasteiger charge is -2.10. The molecule has 2 aromatic rings. The smallest absolute Gasteiger partial charge is 0.123 e. The second kappa shape index (κ2) is 5.02. The van der Waals surface area contributed by atoms with Crippen LogP contribution in [0.1, 0.15) is 25.6 Å². The standard InChI is InChI=1S/C13H16FN3S/c1-8(2)17-13(12(15)9(3)16-17)18-11-6-4-10(14)5-7-11/h4-8H,15H2,1-3H3. The molecule has 1 heterocycles. The van der Waals surface area contributed by atoms with E-state index >= 15 is 0 Å². The van der Waals surface area contributed by atoms with Crippen LogP contribution in [0.5, 0.6) is 0 Å². The highest BCUT2D eigenvalue weighted by molar-refractivity contribution is 7.99. The molecule has 0 atom stereocenters. The Labute approximate surface area is 110 Å². The van der Waals surface area contributed by atoms with Crippen LogP contribution in [-0.2, 0) is 0 Å². The predicted molar refractivity (Wildman–Crippen MR) is 72.3 cm³/mol. The number of aromatic nitrogens is 2. The summed E-state index contributed by atoms with van der Waals surface area (Å²) in [5.74, 6) is -0.235. The average molecular weight is 265 g/mol. The number of rotatable bonds is 3. The maximum absolute atomic E-state index is 12.9. The molecule has 0 amide bonds. The summed E-state index contributed by atoms with van der Waals surface area (Å²) in [4.78, 5) is 0.949. The summed E-state index contributed by atoms with van der Waals surface area (Å²) in [5.41, 5.74) is 7.56. The minimum atomic E-state index is -0.235. The zero-order valence-electron chi connectivity index (χ0n) is 10.6. The van der Waals surface area contributed by atoms with E-state index in [1.807, 2.05) is 11.6 Å². The molecule has 2 rings (SSSR count). The molecule has 1 aromatic heterocycles. The summed E-state index contributed by atoms with van der Waals surface area (Å²) in [6.07, 6.45) is 0. The van der Waals surface area contributed by atoms with Crippen LogP contribution in [0.4, 0.5) is 10.1 Å². The highest BCUT2D eigenvalue weighted by atomic mass is 32.2. The minimum absolute atomic E-state index is 0.235. The van der Waals surface area contributed by atoms with Crippen molar-refractivity contribution in [3.8, 4) is 0 Å². The lowest BCUT2D eigenvalue weighted by atomic mass is 10.3. The molecule has 0 spiro atoms. The van der Waals surface area contributed by atoms with Gasteiger partial charge in [0.15, 0.2) is 0 Å². The summed E-state index contributed by atoms with van der Waals surface area (Å²) in [5, 5.41) is 5.33. The summed E-state index contributed by atoms with van der Waals surface area (Å²) in [6.45, 7) is 6.00. The molecule has 0 aliphatic heterocycles. The second-order valence-corrected chi connectivity index (χ2v) is 5.46. The largest absolute Gasteiger partial charge is 0.395 e. The van der Waals surface area contributed by atoms with E-state index < -0.39 is 0 Å². The number of anilines is 1. The Morgan fingerprint density at radius 1 is 1.28 bits per heavy atom. The van der Waals surface area contributed by atoms with Gasteiger partial charge < -0.3 is 5.73 Å². The highest BCUT2D eigenvalue weighted by Gasteiger charge is 2.15. The van der Waals surface area contributed by atoms with Gasteiger partial charge in [-0.3, -0.25) is 4.68 Å². The van der Waals surface area contributed by atoms with E-state index in [0.29, 0.717) is 5.69 Å². The first kappa shape index (κ1) is 13.0. The van der Waals surface area contributed by atoms with Gasteiger partial charge in [0.2, 0.25) is 0 Å². The highest BCUT2D eigenvalue weighted by Crippen LogP contribution is 2.35. The van der Waals surface area contributed by atoms with Gasteiger partial charge in [0, 0.05) is 10.9 Å². The fraction of sp³-hybridized carbons (Fsp3) is 0.308. The van der Waals surface area contributed by atoms with Crippen LogP contribution < -0.4 is 5.73 Å². The summed E-state index contributed by atoms with van der Waals surface area (Å²) >= 11 is 1.51.